The van der Waals surface area contributed by atoms with Crippen molar-refractivity contribution in [3.05, 3.63) is 70.7 Å². The molecule has 0 bridgehead atoms. The average molecular weight is 359 g/mol. The Balaban J connectivity index is 1.72. The Morgan fingerprint density at radius 2 is 1.68 bits per heavy atom. The summed E-state index contributed by atoms with van der Waals surface area (Å²) in [6.07, 6.45) is 1.45. The number of carbonyl (C=O) groups excluding carboxylic acids is 1. The number of nitrogens with one attached hydrogen (secondary N) is 1. The fourth-order valence-corrected chi connectivity index (χ4v) is 2.81. The van der Waals surface area contributed by atoms with E-state index in [2.05, 4.69) is 31.3 Å². The highest BCUT2D eigenvalue weighted by Crippen LogP contribution is 2.11. The number of halogens is 1. The molecule has 0 saturated heterocycles. The lowest BCUT2D eigenvalue weighted by Gasteiger charge is -2.27. The van der Waals surface area contributed by atoms with Gasteiger partial charge in [-0.3, -0.25) is 4.79 Å². The molecule has 25 heavy (non-hydrogen) atoms. The smallest absolute Gasteiger partial charge is 0.224 e. The molecule has 0 spiro atoms. The van der Waals surface area contributed by atoms with Gasteiger partial charge in [0.2, 0.25) is 5.91 Å². The van der Waals surface area contributed by atoms with E-state index in [1.165, 1.54) is 11.1 Å². The van der Waals surface area contributed by atoms with Gasteiger partial charge in [0.1, 0.15) is 0 Å². The zero-order valence-electron chi connectivity index (χ0n) is 15.0. The molecule has 4 heteroatoms. The van der Waals surface area contributed by atoms with Gasteiger partial charge in [-0.25, -0.2) is 0 Å². The number of hydrogen-bond acceptors (Lipinski definition) is 2. The molecule has 1 N–H and O–H groups in total. The van der Waals surface area contributed by atoms with Gasteiger partial charge in [-0.15, -0.1) is 0 Å². The second-order valence-electron chi connectivity index (χ2n) is 6.48. The summed E-state index contributed by atoms with van der Waals surface area (Å²) in [6, 6.07) is 18.2. The van der Waals surface area contributed by atoms with E-state index in [-0.39, 0.29) is 11.9 Å². The van der Waals surface area contributed by atoms with Gasteiger partial charge >= 0.3 is 0 Å². The molecule has 1 amide bonds. The number of rotatable bonds is 9. The molecule has 0 heterocycles. The Morgan fingerprint density at radius 3 is 2.32 bits per heavy atom. The molecule has 0 aliphatic heterocycles. The van der Waals surface area contributed by atoms with Crippen LogP contribution in [0.15, 0.2) is 54.6 Å². The van der Waals surface area contributed by atoms with Crippen molar-refractivity contribution in [2.75, 3.05) is 13.1 Å². The zero-order valence-corrected chi connectivity index (χ0v) is 15.8. The lowest BCUT2D eigenvalue weighted by atomic mass is 10.1. The Labute approximate surface area is 156 Å². The number of amides is 1. The number of hydrogen-bond donors (Lipinski definition) is 1. The van der Waals surface area contributed by atoms with Crippen LogP contribution in [0.1, 0.15) is 31.4 Å². The third kappa shape index (κ3) is 6.89. The first kappa shape index (κ1) is 19.5. The number of carbonyl (C=O) groups is 1. The van der Waals surface area contributed by atoms with Crippen LogP contribution in [0.2, 0.25) is 5.02 Å². The number of benzene rings is 2. The van der Waals surface area contributed by atoms with Crippen molar-refractivity contribution in [1.29, 1.82) is 0 Å². The molecule has 134 valence electrons. The SMILES string of the molecule is CC(C)N(Cc1ccccc1)C(=O)CCNCCc1ccc(Cl)cc1. The molecule has 2 rings (SSSR count). The molecule has 0 aromatic heterocycles. The van der Waals surface area contributed by atoms with Crippen LogP contribution >= 0.6 is 11.6 Å². The molecule has 0 fully saturated rings. The minimum Gasteiger partial charge on any atom is -0.336 e. The monoisotopic (exact) mass is 358 g/mol. The Bertz CT molecular complexity index is 641. The van der Waals surface area contributed by atoms with Gasteiger partial charge in [0, 0.05) is 30.6 Å². The minimum absolute atomic E-state index is 0.192. The number of nitrogens with zero attached hydrogens (tertiary/aromatic N) is 1. The van der Waals surface area contributed by atoms with Crippen LogP contribution in [0.25, 0.3) is 0 Å². The summed E-state index contributed by atoms with van der Waals surface area (Å²) in [4.78, 5) is 14.5. The van der Waals surface area contributed by atoms with Crippen molar-refractivity contribution in [2.24, 2.45) is 0 Å². The van der Waals surface area contributed by atoms with E-state index in [0.717, 1.165) is 18.0 Å². The summed E-state index contributed by atoms with van der Waals surface area (Å²) in [6.45, 7) is 6.35. The minimum atomic E-state index is 0.192. The third-order valence-corrected chi connectivity index (χ3v) is 4.41. The van der Waals surface area contributed by atoms with E-state index < -0.39 is 0 Å². The van der Waals surface area contributed by atoms with E-state index >= 15 is 0 Å². The fourth-order valence-electron chi connectivity index (χ4n) is 2.69. The molecule has 0 unspecified atom stereocenters. The predicted octanol–water partition coefficient (Wildman–Crippen LogP) is 4.30. The van der Waals surface area contributed by atoms with E-state index in [1.54, 1.807) is 0 Å². The van der Waals surface area contributed by atoms with Crippen LogP contribution in [-0.4, -0.2) is 29.9 Å². The van der Waals surface area contributed by atoms with E-state index in [1.807, 2.05) is 47.4 Å². The van der Waals surface area contributed by atoms with Gasteiger partial charge in [0.15, 0.2) is 0 Å². The van der Waals surface area contributed by atoms with Crippen molar-refractivity contribution in [3.63, 3.8) is 0 Å². The molecule has 0 saturated carbocycles. The van der Waals surface area contributed by atoms with Crippen LogP contribution in [0.3, 0.4) is 0 Å². The molecule has 0 aliphatic rings. The van der Waals surface area contributed by atoms with Gasteiger partial charge in [0.05, 0.1) is 0 Å². The van der Waals surface area contributed by atoms with Gasteiger partial charge < -0.3 is 10.2 Å². The standard InChI is InChI=1S/C21H27ClN2O/c1-17(2)24(16-19-6-4-3-5-7-19)21(25)13-15-23-14-12-18-8-10-20(22)11-9-18/h3-11,17,23H,12-16H2,1-2H3. The predicted molar refractivity (Wildman–Crippen MR) is 105 cm³/mol. The Morgan fingerprint density at radius 1 is 1.00 bits per heavy atom. The Kier molecular flexibility index (Phi) is 7.96. The highest BCUT2D eigenvalue weighted by atomic mass is 35.5. The topological polar surface area (TPSA) is 32.3 Å². The molecule has 2 aromatic rings. The highest BCUT2D eigenvalue weighted by Gasteiger charge is 2.16. The van der Waals surface area contributed by atoms with Crippen molar-refractivity contribution < 1.29 is 4.79 Å². The third-order valence-electron chi connectivity index (χ3n) is 4.16. The highest BCUT2D eigenvalue weighted by molar-refractivity contribution is 6.30. The van der Waals surface area contributed by atoms with Crippen LogP contribution in [0.4, 0.5) is 0 Å². The first-order valence-electron chi connectivity index (χ1n) is 8.85. The molecule has 0 atom stereocenters. The molecule has 2 aromatic carbocycles. The van der Waals surface area contributed by atoms with Gasteiger partial charge in [-0.1, -0.05) is 54.1 Å². The van der Waals surface area contributed by atoms with Crippen LogP contribution in [-0.2, 0) is 17.8 Å². The maximum atomic E-state index is 12.5. The van der Waals surface area contributed by atoms with Crippen LogP contribution < -0.4 is 5.32 Å². The summed E-state index contributed by atoms with van der Waals surface area (Å²) in [5, 5.41) is 4.12. The summed E-state index contributed by atoms with van der Waals surface area (Å²) < 4.78 is 0. The van der Waals surface area contributed by atoms with Gasteiger partial charge in [0.25, 0.3) is 0 Å². The second kappa shape index (κ2) is 10.2. The average Bonchev–Trinajstić information content (AvgIpc) is 2.61. The lowest BCUT2D eigenvalue weighted by molar-refractivity contribution is -0.133. The van der Waals surface area contributed by atoms with Crippen LogP contribution in [0, 0.1) is 0 Å². The summed E-state index contributed by atoms with van der Waals surface area (Å²) >= 11 is 5.89. The largest absolute Gasteiger partial charge is 0.336 e. The first-order valence-corrected chi connectivity index (χ1v) is 9.22. The molecular weight excluding hydrogens is 332 g/mol. The van der Waals surface area contributed by atoms with Crippen LogP contribution in [0.5, 0.6) is 0 Å². The molecular formula is C21H27ClN2O. The van der Waals surface area contributed by atoms with Gasteiger partial charge in [-0.2, -0.15) is 0 Å². The molecule has 0 radical (unpaired) electrons. The van der Waals surface area contributed by atoms with E-state index in [9.17, 15) is 4.79 Å². The zero-order chi connectivity index (χ0) is 18.1. The van der Waals surface area contributed by atoms with Crippen molar-refractivity contribution in [3.8, 4) is 0 Å². The van der Waals surface area contributed by atoms with Crippen molar-refractivity contribution in [1.82, 2.24) is 10.2 Å². The van der Waals surface area contributed by atoms with Crippen molar-refractivity contribution >= 4 is 17.5 Å². The summed E-state index contributed by atoms with van der Waals surface area (Å²) in [7, 11) is 0. The second-order valence-corrected chi connectivity index (χ2v) is 6.91. The normalized spacial score (nSPS) is 10.9. The van der Waals surface area contributed by atoms with Gasteiger partial charge in [-0.05, 0) is 50.1 Å². The van der Waals surface area contributed by atoms with E-state index in [0.29, 0.717) is 19.5 Å². The fraction of sp³-hybridized carbons (Fsp3) is 0.381. The maximum absolute atomic E-state index is 12.5. The quantitative estimate of drug-likeness (QED) is 0.678. The molecule has 0 aliphatic carbocycles. The van der Waals surface area contributed by atoms with Crippen molar-refractivity contribution in [2.45, 2.75) is 39.3 Å². The summed E-state index contributed by atoms with van der Waals surface area (Å²) in [5.74, 6) is 0.192. The van der Waals surface area contributed by atoms with E-state index in [4.69, 9.17) is 11.6 Å². The lowest BCUT2D eigenvalue weighted by Crippen LogP contribution is -2.38. The summed E-state index contributed by atoms with van der Waals surface area (Å²) in [5.41, 5.74) is 2.41. The Hall–Kier alpha value is -1.84. The molecule has 3 nitrogen and oxygen atoms in total. The first-order chi connectivity index (χ1) is 12.1. The maximum Gasteiger partial charge on any atom is 0.224 e.